The largest absolute Gasteiger partial charge is 0.466 e. The smallest absolute Gasteiger partial charge is 0.331 e. The number of nitrogens with one attached hydrogen (secondary N) is 1. The van der Waals surface area contributed by atoms with Crippen LogP contribution in [0.3, 0.4) is 0 Å². The van der Waals surface area contributed by atoms with E-state index in [1.807, 2.05) is 30.3 Å². The molecule has 0 aliphatic carbocycles. The third-order valence-corrected chi connectivity index (χ3v) is 3.38. The molecule has 0 aliphatic rings. The maximum absolute atomic E-state index is 12.7. The molecule has 0 heterocycles. The molecule has 1 N–H and O–H groups in total. The number of ether oxygens (including phenoxy) is 2. The monoisotopic (exact) mass is 345 g/mol. The molecule has 0 fully saturated rings. The zero-order valence-electron chi connectivity index (χ0n) is 14.3. The summed E-state index contributed by atoms with van der Waals surface area (Å²) in [5.41, 5.74) is -0.858. The first kappa shape index (κ1) is 20.2. The highest BCUT2D eigenvalue weighted by atomic mass is 16.6. The van der Waals surface area contributed by atoms with Crippen LogP contribution in [-0.4, -0.2) is 30.1 Å². The van der Waals surface area contributed by atoms with Crippen LogP contribution in [0.15, 0.2) is 55.6 Å². The van der Waals surface area contributed by atoms with Crippen molar-refractivity contribution in [3.63, 3.8) is 0 Å². The molecule has 6 heteroatoms. The van der Waals surface area contributed by atoms with Crippen LogP contribution in [0.5, 0.6) is 0 Å². The van der Waals surface area contributed by atoms with Crippen LogP contribution in [0.25, 0.3) is 0 Å². The van der Waals surface area contributed by atoms with E-state index in [2.05, 4.69) is 18.5 Å². The molecule has 0 aromatic heterocycles. The van der Waals surface area contributed by atoms with Crippen molar-refractivity contribution in [2.45, 2.75) is 31.9 Å². The molecule has 1 atom stereocenters. The van der Waals surface area contributed by atoms with Crippen molar-refractivity contribution >= 4 is 17.8 Å². The summed E-state index contributed by atoms with van der Waals surface area (Å²) in [6.07, 6.45) is 1.91. The molecular weight excluding hydrogens is 322 g/mol. The zero-order chi connectivity index (χ0) is 18.7. The summed E-state index contributed by atoms with van der Waals surface area (Å²) >= 11 is 0. The lowest BCUT2D eigenvalue weighted by Crippen LogP contribution is -2.51. The van der Waals surface area contributed by atoms with Gasteiger partial charge in [-0.1, -0.05) is 43.0 Å². The van der Waals surface area contributed by atoms with Gasteiger partial charge in [-0.2, -0.15) is 0 Å². The highest BCUT2D eigenvalue weighted by Gasteiger charge is 2.43. The first-order valence-corrected chi connectivity index (χ1v) is 7.91. The Morgan fingerprint density at radius 3 is 2.44 bits per heavy atom. The first-order valence-electron chi connectivity index (χ1n) is 7.91. The fraction of sp³-hybridized carbons (Fsp3) is 0.316. The van der Waals surface area contributed by atoms with Crippen molar-refractivity contribution in [1.29, 1.82) is 0 Å². The van der Waals surface area contributed by atoms with E-state index < -0.39 is 29.9 Å². The quantitative estimate of drug-likeness (QED) is 0.400. The van der Waals surface area contributed by atoms with Gasteiger partial charge in [0.1, 0.15) is 0 Å². The minimum absolute atomic E-state index is 0.0357. The van der Waals surface area contributed by atoms with Crippen LogP contribution in [0.4, 0.5) is 0 Å². The molecule has 0 bridgehead atoms. The lowest BCUT2D eigenvalue weighted by atomic mass is 9.93. The number of hydrogen-bond acceptors (Lipinski definition) is 5. The Bertz CT molecular complexity index is 626. The van der Waals surface area contributed by atoms with E-state index in [0.717, 1.165) is 11.6 Å². The van der Waals surface area contributed by atoms with E-state index >= 15 is 0 Å². The van der Waals surface area contributed by atoms with E-state index in [1.54, 1.807) is 6.92 Å². The number of hydrogen-bond donors (Lipinski definition) is 1. The summed E-state index contributed by atoms with van der Waals surface area (Å²) in [5.74, 6) is -2.04. The second-order valence-corrected chi connectivity index (χ2v) is 5.26. The Hall–Kier alpha value is -2.89. The second kappa shape index (κ2) is 10.1. The van der Waals surface area contributed by atoms with Crippen LogP contribution >= 0.6 is 0 Å². The van der Waals surface area contributed by atoms with Gasteiger partial charge in [0.05, 0.1) is 13.0 Å². The molecule has 25 heavy (non-hydrogen) atoms. The van der Waals surface area contributed by atoms with Gasteiger partial charge in [0, 0.05) is 19.0 Å². The fourth-order valence-electron chi connectivity index (χ4n) is 2.22. The van der Waals surface area contributed by atoms with Crippen molar-refractivity contribution in [2.75, 3.05) is 6.61 Å². The third kappa shape index (κ3) is 6.25. The van der Waals surface area contributed by atoms with Crippen LogP contribution in [0.2, 0.25) is 0 Å². The van der Waals surface area contributed by atoms with Gasteiger partial charge in [-0.25, -0.2) is 4.79 Å². The van der Waals surface area contributed by atoms with E-state index in [9.17, 15) is 14.4 Å². The SMILES string of the molecule is C=CCC(CC(=O)OCC)(OC(=O)C=C)C(=O)NCc1ccccc1. The van der Waals surface area contributed by atoms with E-state index in [1.165, 1.54) is 6.08 Å². The summed E-state index contributed by atoms with van der Waals surface area (Å²) in [6, 6.07) is 9.23. The molecule has 0 spiro atoms. The van der Waals surface area contributed by atoms with Crippen molar-refractivity contribution in [2.24, 2.45) is 0 Å². The highest BCUT2D eigenvalue weighted by Crippen LogP contribution is 2.24. The number of esters is 2. The van der Waals surface area contributed by atoms with Crippen LogP contribution in [-0.2, 0) is 30.4 Å². The molecule has 0 aliphatic heterocycles. The second-order valence-electron chi connectivity index (χ2n) is 5.26. The first-order chi connectivity index (χ1) is 12.0. The average Bonchev–Trinajstić information content (AvgIpc) is 2.60. The standard InChI is InChI=1S/C19H23NO5/c1-4-12-19(25-16(21)5-2,13-17(22)24-6-3)18(23)20-14-15-10-8-7-9-11-15/h4-5,7-11H,1-2,6,12-14H2,3H3,(H,20,23). The Morgan fingerprint density at radius 2 is 1.88 bits per heavy atom. The van der Waals surface area contributed by atoms with Gasteiger partial charge in [-0.15, -0.1) is 6.58 Å². The Kier molecular flexibility index (Phi) is 8.12. The van der Waals surface area contributed by atoms with Crippen molar-refractivity contribution < 1.29 is 23.9 Å². The van der Waals surface area contributed by atoms with Gasteiger partial charge in [-0.05, 0) is 12.5 Å². The molecule has 6 nitrogen and oxygen atoms in total. The van der Waals surface area contributed by atoms with Gasteiger partial charge in [0.15, 0.2) is 0 Å². The lowest BCUT2D eigenvalue weighted by molar-refractivity contribution is -0.170. The summed E-state index contributed by atoms with van der Waals surface area (Å²) in [7, 11) is 0. The number of carbonyl (C=O) groups excluding carboxylic acids is 3. The summed E-state index contributed by atoms with van der Waals surface area (Å²) in [4.78, 5) is 36.4. The van der Waals surface area contributed by atoms with Gasteiger partial charge in [-0.3, -0.25) is 9.59 Å². The summed E-state index contributed by atoms with van der Waals surface area (Å²) in [6.45, 7) is 8.95. The van der Waals surface area contributed by atoms with Crippen LogP contribution in [0, 0.1) is 0 Å². The normalized spacial score (nSPS) is 12.4. The zero-order valence-corrected chi connectivity index (χ0v) is 14.3. The van der Waals surface area contributed by atoms with Gasteiger partial charge < -0.3 is 14.8 Å². The van der Waals surface area contributed by atoms with E-state index in [-0.39, 0.29) is 19.6 Å². The maximum Gasteiger partial charge on any atom is 0.331 e. The van der Waals surface area contributed by atoms with Gasteiger partial charge in [0.25, 0.3) is 5.91 Å². The minimum atomic E-state index is -1.73. The molecule has 1 unspecified atom stereocenters. The molecule has 0 saturated heterocycles. The van der Waals surface area contributed by atoms with Crippen molar-refractivity contribution in [3.8, 4) is 0 Å². The summed E-state index contributed by atoms with van der Waals surface area (Å²) in [5, 5.41) is 2.70. The fourth-order valence-corrected chi connectivity index (χ4v) is 2.22. The Morgan fingerprint density at radius 1 is 1.20 bits per heavy atom. The average molecular weight is 345 g/mol. The van der Waals surface area contributed by atoms with E-state index in [4.69, 9.17) is 9.47 Å². The maximum atomic E-state index is 12.7. The lowest BCUT2D eigenvalue weighted by Gasteiger charge is -2.30. The molecule has 1 aromatic carbocycles. The molecular formula is C19H23NO5. The van der Waals surface area contributed by atoms with Crippen molar-refractivity contribution in [1.82, 2.24) is 5.32 Å². The van der Waals surface area contributed by atoms with Gasteiger partial charge >= 0.3 is 11.9 Å². The predicted octanol–water partition coefficient (Wildman–Crippen LogP) is 2.30. The molecule has 1 aromatic rings. The topological polar surface area (TPSA) is 81.7 Å². The molecule has 0 saturated carbocycles. The summed E-state index contributed by atoms with van der Waals surface area (Å²) < 4.78 is 10.2. The predicted molar refractivity (Wildman–Crippen MR) is 93.4 cm³/mol. The van der Waals surface area contributed by atoms with Gasteiger partial charge in [0.2, 0.25) is 5.60 Å². The minimum Gasteiger partial charge on any atom is -0.466 e. The third-order valence-electron chi connectivity index (χ3n) is 3.38. The molecule has 1 rings (SSSR count). The molecule has 134 valence electrons. The van der Waals surface area contributed by atoms with Crippen molar-refractivity contribution in [3.05, 3.63) is 61.2 Å². The van der Waals surface area contributed by atoms with Crippen LogP contribution < -0.4 is 5.32 Å². The molecule has 0 radical (unpaired) electrons. The van der Waals surface area contributed by atoms with E-state index in [0.29, 0.717) is 0 Å². The number of amides is 1. The highest BCUT2D eigenvalue weighted by molar-refractivity contribution is 5.93. The number of rotatable bonds is 10. The molecule has 1 amide bonds. The van der Waals surface area contributed by atoms with Crippen LogP contribution in [0.1, 0.15) is 25.3 Å². The Labute approximate surface area is 147 Å². The number of carbonyl (C=O) groups is 3. The number of benzene rings is 1. The Balaban J connectivity index is 3.00.